The second-order valence-electron chi connectivity index (χ2n) is 7.64. The molecule has 1 aromatic carbocycles. The van der Waals surface area contributed by atoms with Gasteiger partial charge < -0.3 is 13.6 Å². The van der Waals surface area contributed by atoms with Crippen molar-refractivity contribution in [3.8, 4) is 22.8 Å². The summed E-state index contributed by atoms with van der Waals surface area (Å²) < 4.78 is 12.3. The summed E-state index contributed by atoms with van der Waals surface area (Å²) in [6.45, 7) is 0.203. The van der Waals surface area contributed by atoms with Gasteiger partial charge in [-0.1, -0.05) is 53.3 Å². The molecule has 8 nitrogen and oxygen atoms in total. The van der Waals surface area contributed by atoms with Crippen molar-refractivity contribution < 1.29 is 9.05 Å². The minimum absolute atomic E-state index is 0.130. The molecule has 3 aromatic heterocycles. The summed E-state index contributed by atoms with van der Waals surface area (Å²) in [5.74, 6) is 1.91. The molecule has 1 saturated carbocycles. The fourth-order valence-electron chi connectivity index (χ4n) is 3.91. The van der Waals surface area contributed by atoms with E-state index in [1.807, 2.05) is 12.1 Å². The fourth-order valence-corrected chi connectivity index (χ4v) is 4.13. The Morgan fingerprint density at radius 2 is 1.77 bits per heavy atom. The predicted molar refractivity (Wildman–Crippen MR) is 114 cm³/mol. The minimum Gasteiger partial charge on any atom is -0.339 e. The lowest BCUT2D eigenvalue weighted by atomic mass is 9.89. The topological polar surface area (TPSA) is 99.8 Å². The smallest absolute Gasteiger partial charge is 0.263 e. The number of nitrogens with zero attached hydrogens (tertiary/aromatic N) is 5. The Balaban J connectivity index is 1.39. The van der Waals surface area contributed by atoms with E-state index in [9.17, 15) is 4.79 Å². The third-order valence-electron chi connectivity index (χ3n) is 5.54. The molecule has 5 rings (SSSR count). The van der Waals surface area contributed by atoms with Crippen LogP contribution in [0.1, 0.15) is 49.7 Å². The summed E-state index contributed by atoms with van der Waals surface area (Å²) in [4.78, 5) is 21.9. The number of aromatic nitrogens is 5. The van der Waals surface area contributed by atoms with Crippen LogP contribution in [0.4, 0.5) is 0 Å². The van der Waals surface area contributed by atoms with Crippen LogP contribution in [0.15, 0.2) is 56.4 Å². The fraction of sp³-hybridized carbons (Fsp3) is 0.318. The average Bonchev–Trinajstić information content (AvgIpc) is 3.46. The number of benzene rings is 1. The molecule has 0 amide bonds. The highest BCUT2D eigenvalue weighted by Gasteiger charge is 2.22. The third kappa shape index (κ3) is 4.03. The molecule has 3 heterocycles. The van der Waals surface area contributed by atoms with Crippen LogP contribution >= 0.6 is 11.6 Å². The number of hydrogen-bond donors (Lipinski definition) is 0. The maximum Gasteiger partial charge on any atom is 0.263 e. The van der Waals surface area contributed by atoms with E-state index in [-0.39, 0.29) is 18.0 Å². The molecule has 1 aliphatic rings. The maximum atomic E-state index is 13.0. The lowest BCUT2D eigenvalue weighted by molar-refractivity contribution is 0.312. The van der Waals surface area contributed by atoms with Gasteiger partial charge in [-0.05, 0) is 37.1 Å². The van der Waals surface area contributed by atoms with Crippen LogP contribution in [0.2, 0.25) is 5.02 Å². The van der Waals surface area contributed by atoms with Crippen LogP contribution in [0.3, 0.4) is 0 Å². The Morgan fingerprint density at radius 3 is 2.61 bits per heavy atom. The first-order valence-corrected chi connectivity index (χ1v) is 10.7. The Labute approximate surface area is 182 Å². The summed E-state index contributed by atoms with van der Waals surface area (Å²) in [5, 5.41) is 8.55. The molecule has 0 atom stereocenters. The Morgan fingerprint density at radius 1 is 0.968 bits per heavy atom. The first-order chi connectivity index (χ1) is 15.2. The maximum absolute atomic E-state index is 13.0. The molecule has 0 radical (unpaired) electrons. The molecule has 9 heteroatoms. The molecule has 0 N–H and O–H groups in total. The van der Waals surface area contributed by atoms with E-state index >= 15 is 0 Å². The van der Waals surface area contributed by atoms with Crippen LogP contribution in [0.5, 0.6) is 0 Å². The van der Waals surface area contributed by atoms with E-state index in [4.69, 9.17) is 20.6 Å². The van der Waals surface area contributed by atoms with Gasteiger partial charge in [0.2, 0.25) is 11.7 Å². The van der Waals surface area contributed by atoms with Crippen molar-refractivity contribution in [1.29, 1.82) is 0 Å². The first-order valence-electron chi connectivity index (χ1n) is 10.3. The van der Waals surface area contributed by atoms with Crippen molar-refractivity contribution in [1.82, 2.24) is 24.8 Å². The van der Waals surface area contributed by atoms with Crippen LogP contribution in [0, 0.1) is 0 Å². The second-order valence-corrected chi connectivity index (χ2v) is 8.05. The standard InChI is InChI=1S/C22H20ClN5O3/c23-17-11-5-4-9-15(17)19-25-21(31-27-19)16-10-6-12-28(22(16)29)13-18-24-20(30-26-18)14-7-2-1-3-8-14/h4-6,9-12,14H,1-3,7-8,13H2. The van der Waals surface area contributed by atoms with E-state index in [0.29, 0.717) is 39.6 Å². The summed E-state index contributed by atoms with van der Waals surface area (Å²) in [5.41, 5.74) is 0.655. The molecule has 1 aliphatic carbocycles. The van der Waals surface area contributed by atoms with Crippen molar-refractivity contribution in [2.45, 2.75) is 44.6 Å². The molecule has 0 bridgehead atoms. The zero-order valence-electron chi connectivity index (χ0n) is 16.7. The molecule has 158 valence electrons. The van der Waals surface area contributed by atoms with E-state index in [1.54, 1.807) is 30.5 Å². The Kier molecular flexibility index (Phi) is 5.38. The van der Waals surface area contributed by atoms with E-state index in [1.165, 1.54) is 23.8 Å². The molecular weight excluding hydrogens is 418 g/mol. The van der Waals surface area contributed by atoms with Crippen molar-refractivity contribution in [2.75, 3.05) is 0 Å². The normalized spacial score (nSPS) is 14.7. The highest BCUT2D eigenvalue weighted by molar-refractivity contribution is 6.33. The van der Waals surface area contributed by atoms with Gasteiger partial charge in [-0.15, -0.1) is 0 Å². The average molecular weight is 438 g/mol. The van der Waals surface area contributed by atoms with Crippen molar-refractivity contribution in [3.63, 3.8) is 0 Å². The molecule has 0 saturated heterocycles. The van der Waals surface area contributed by atoms with Crippen molar-refractivity contribution >= 4 is 11.6 Å². The molecule has 0 aliphatic heterocycles. The summed E-state index contributed by atoms with van der Waals surface area (Å²) >= 11 is 6.21. The Hall–Kier alpha value is -3.26. The van der Waals surface area contributed by atoms with Crippen molar-refractivity contribution in [2.24, 2.45) is 0 Å². The van der Waals surface area contributed by atoms with Crippen LogP contribution in [-0.4, -0.2) is 24.8 Å². The van der Waals surface area contributed by atoms with Gasteiger partial charge in [-0.2, -0.15) is 9.97 Å². The largest absolute Gasteiger partial charge is 0.339 e. The van der Waals surface area contributed by atoms with E-state index < -0.39 is 0 Å². The predicted octanol–water partition coefficient (Wildman–Crippen LogP) is 4.70. The SMILES string of the molecule is O=c1c(-c2nc(-c3ccccc3Cl)no2)cccn1Cc1noc(C2CCCCC2)n1. The van der Waals surface area contributed by atoms with Gasteiger partial charge >= 0.3 is 0 Å². The van der Waals surface area contributed by atoms with Gasteiger partial charge in [0.05, 0.1) is 11.6 Å². The number of pyridine rings is 1. The van der Waals surface area contributed by atoms with Crippen molar-refractivity contribution in [3.05, 3.63) is 69.7 Å². The van der Waals surface area contributed by atoms with Gasteiger partial charge in [0.15, 0.2) is 5.82 Å². The summed E-state index contributed by atoms with van der Waals surface area (Å²) in [6.07, 6.45) is 7.44. The van der Waals surface area contributed by atoms with Crippen LogP contribution < -0.4 is 5.56 Å². The van der Waals surface area contributed by atoms with Crippen LogP contribution in [-0.2, 0) is 6.54 Å². The number of rotatable bonds is 5. The number of halogens is 1. The molecule has 1 fully saturated rings. The minimum atomic E-state index is -0.277. The molecule has 0 unspecified atom stereocenters. The van der Waals surface area contributed by atoms with Gasteiger partial charge in [0.1, 0.15) is 5.56 Å². The molecule has 4 aromatic rings. The summed E-state index contributed by atoms with van der Waals surface area (Å²) in [6, 6.07) is 10.6. The first kappa shape index (κ1) is 19.7. The van der Waals surface area contributed by atoms with Gasteiger partial charge in [-0.25, -0.2) is 0 Å². The lowest BCUT2D eigenvalue weighted by Gasteiger charge is -2.17. The second kappa shape index (κ2) is 8.47. The quantitative estimate of drug-likeness (QED) is 0.446. The van der Waals surface area contributed by atoms with Gasteiger partial charge in [0.25, 0.3) is 11.4 Å². The monoisotopic (exact) mass is 437 g/mol. The van der Waals surface area contributed by atoms with E-state index in [0.717, 1.165) is 12.8 Å². The van der Waals surface area contributed by atoms with Gasteiger partial charge in [-0.3, -0.25) is 4.79 Å². The van der Waals surface area contributed by atoms with Gasteiger partial charge in [0, 0.05) is 17.7 Å². The zero-order valence-corrected chi connectivity index (χ0v) is 17.5. The zero-order chi connectivity index (χ0) is 21.2. The highest BCUT2D eigenvalue weighted by atomic mass is 35.5. The summed E-state index contributed by atoms with van der Waals surface area (Å²) in [7, 11) is 0. The lowest BCUT2D eigenvalue weighted by Crippen LogP contribution is -2.22. The molecule has 0 spiro atoms. The highest BCUT2D eigenvalue weighted by Crippen LogP contribution is 2.31. The molecule has 31 heavy (non-hydrogen) atoms. The van der Waals surface area contributed by atoms with Crippen LogP contribution in [0.25, 0.3) is 22.8 Å². The third-order valence-corrected chi connectivity index (χ3v) is 5.87. The number of hydrogen-bond acceptors (Lipinski definition) is 7. The molecular formula is C22H20ClN5O3. The van der Waals surface area contributed by atoms with E-state index in [2.05, 4.69) is 20.3 Å². The Bertz CT molecular complexity index is 1260.